The molecule has 1 aliphatic heterocycles. The molecule has 1 amide bonds. The van der Waals surface area contributed by atoms with Crippen molar-refractivity contribution in [2.24, 2.45) is 0 Å². The molecule has 1 fully saturated rings. The number of ether oxygens (including phenoxy) is 1. The molecule has 0 spiro atoms. The van der Waals surface area contributed by atoms with Gasteiger partial charge in [0, 0.05) is 6.92 Å². The van der Waals surface area contributed by atoms with Crippen molar-refractivity contribution in [3.05, 3.63) is 0 Å². The van der Waals surface area contributed by atoms with Crippen LogP contribution in [0.5, 0.6) is 0 Å². The molecule has 0 aromatic rings. The van der Waals surface area contributed by atoms with Crippen LogP contribution in [-0.4, -0.2) is 71.4 Å². The van der Waals surface area contributed by atoms with Gasteiger partial charge in [0.05, 0.1) is 6.61 Å². The van der Waals surface area contributed by atoms with Gasteiger partial charge in [-0.2, -0.15) is 0 Å². The summed E-state index contributed by atoms with van der Waals surface area (Å²) in [6.45, 7) is 0.263. The van der Waals surface area contributed by atoms with Crippen LogP contribution < -0.4 is 34.9 Å². The van der Waals surface area contributed by atoms with Gasteiger partial charge in [-0.1, -0.05) is 0 Å². The summed E-state index contributed by atoms with van der Waals surface area (Å²) in [6, 6.07) is -1.28. The maximum Gasteiger partial charge on any atom is 1.00 e. The number of carbonyl (C=O) groups is 1. The van der Waals surface area contributed by atoms with Gasteiger partial charge in [0.25, 0.3) is 0 Å². The summed E-state index contributed by atoms with van der Waals surface area (Å²) in [5.74, 6) is -0.573. The van der Waals surface area contributed by atoms with Crippen LogP contribution in [0, 0.1) is 0 Å². The Labute approximate surface area is 137 Å². The molecule has 4 N–H and O–H groups in total. The molecule has 0 radical (unpaired) electrons. The Morgan fingerprint density at radius 3 is 2.35 bits per heavy atom. The van der Waals surface area contributed by atoms with Gasteiger partial charge in [-0.3, -0.25) is 8.98 Å². The third-order valence-corrected chi connectivity index (χ3v) is 2.89. The van der Waals surface area contributed by atoms with Gasteiger partial charge < -0.3 is 29.9 Å². The molecular formula is C8H14NNaO9S. The molecule has 5 unspecified atom stereocenters. The predicted octanol–water partition coefficient (Wildman–Crippen LogP) is -6.59. The van der Waals surface area contributed by atoms with E-state index in [0.29, 0.717) is 0 Å². The van der Waals surface area contributed by atoms with Crippen LogP contribution in [0.4, 0.5) is 0 Å². The molecule has 0 bridgehead atoms. The largest absolute Gasteiger partial charge is 1.00 e. The van der Waals surface area contributed by atoms with E-state index < -0.39 is 53.6 Å². The zero-order valence-corrected chi connectivity index (χ0v) is 13.6. The summed E-state index contributed by atoms with van der Waals surface area (Å²) >= 11 is 0. The summed E-state index contributed by atoms with van der Waals surface area (Å²) < 4.78 is 39.4. The second-order valence-corrected chi connectivity index (χ2v) is 5.02. The Hall–Kier alpha value is 0.180. The number of amides is 1. The van der Waals surface area contributed by atoms with E-state index in [9.17, 15) is 33.1 Å². The Balaban J connectivity index is 0.00000361. The quantitative estimate of drug-likeness (QED) is 0.223. The molecule has 20 heavy (non-hydrogen) atoms. The number of carbonyl (C=O) groups excluding carboxylic acids is 1. The smallest absolute Gasteiger partial charge is 0.726 e. The van der Waals surface area contributed by atoms with Crippen molar-refractivity contribution in [3.63, 3.8) is 0 Å². The van der Waals surface area contributed by atoms with E-state index in [4.69, 9.17) is 4.74 Å². The van der Waals surface area contributed by atoms with Crippen molar-refractivity contribution in [3.8, 4) is 0 Å². The fourth-order valence-electron chi connectivity index (χ4n) is 1.62. The molecular weight excluding hydrogens is 309 g/mol. The summed E-state index contributed by atoms with van der Waals surface area (Å²) in [5, 5.41) is 31.0. The normalized spacial score (nSPS) is 34.1. The second-order valence-electron chi connectivity index (χ2n) is 3.97. The van der Waals surface area contributed by atoms with Crippen LogP contribution in [0.25, 0.3) is 0 Å². The molecule has 12 heteroatoms. The number of rotatable bonds is 4. The Morgan fingerprint density at radius 2 is 1.90 bits per heavy atom. The molecule has 1 rings (SSSR count). The molecule has 1 aliphatic rings. The molecule has 1 saturated heterocycles. The van der Waals surface area contributed by atoms with Crippen LogP contribution in [0.15, 0.2) is 0 Å². The van der Waals surface area contributed by atoms with E-state index in [2.05, 4.69) is 9.50 Å². The minimum atomic E-state index is -4.99. The third-order valence-electron chi connectivity index (χ3n) is 2.47. The molecule has 112 valence electrons. The number of aliphatic hydroxyl groups excluding tert-OH is 3. The van der Waals surface area contributed by atoms with Crippen LogP contribution in [0.3, 0.4) is 0 Å². The van der Waals surface area contributed by atoms with Gasteiger partial charge >= 0.3 is 29.6 Å². The molecule has 0 aromatic heterocycles. The van der Waals surface area contributed by atoms with E-state index >= 15 is 0 Å². The minimum Gasteiger partial charge on any atom is -0.726 e. The first-order valence-corrected chi connectivity index (χ1v) is 6.52. The number of aliphatic hydroxyl groups is 3. The van der Waals surface area contributed by atoms with Crippen molar-refractivity contribution in [1.82, 2.24) is 5.32 Å². The fraction of sp³-hybridized carbons (Fsp3) is 0.875. The maximum absolute atomic E-state index is 10.8. The SMILES string of the molecule is CC(=O)NC1C(O)OC(COS(=O)(=O)[O-])C(O)C1O.[Na+]. The van der Waals surface area contributed by atoms with E-state index in [1.165, 1.54) is 0 Å². The maximum atomic E-state index is 10.8. The topological polar surface area (TPSA) is 165 Å². The number of hydrogen-bond acceptors (Lipinski definition) is 9. The summed E-state index contributed by atoms with van der Waals surface area (Å²) in [5.41, 5.74) is 0. The van der Waals surface area contributed by atoms with Crippen molar-refractivity contribution >= 4 is 16.3 Å². The van der Waals surface area contributed by atoms with Crippen LogP contribution in [0.1, 0.15) is 6.92 Å². The molecule has 0 aliphatic carbocycles. The Bertz CT molecular complexity index is 430. The molecule has 0 saturated carbocycles. The van der Waals surface area contributed by atoms with Gasteiger partial charge in [0.2, 0.25) is 16.3 Å². The fourth-order valence-corrected chi connectivity index (χ4v) is 1.93. The van der Waals surface area contributed by atoms with Gasteiger partial charge in [0.1, 0.15) is 24.4 Å². The van der Waals surface area contributed by atoms with Crippen molar-refractivity contribution < 1.29 is 71.6 Å². The van der Waals surface area contributed by atoms with E-state index in [1.807, 2.05) is 0 Å². The summed E-state index contributed by atoms with van der Waals surface area (Å²) in [7, 11) is -4.99. The monoisotopic (exact) mass is 323 g/mol. The average molecular weight is 323 g/mol. The van der Waals surface area contributed by atoms with E-state index in [1.54, 1.807) is 0 Å². The first-order valence-electron chi connectivity index (χ1n) is 5.19. The predicted molar refractivity (Wildman–Crippen MR) is 56.1 cm³/mol. The standard InChI is InChI=1S/C8H15NO9S.Na/c1-3(10)9-5-7(12)6(11)4(18-8(5)13)2-17-19(14,15)16;/h4-8,11-13H,2H2,1H3,(H,9,10)(H,14,15,16);/q;+1/p-1. The van der Waals surface area contributed by atoms with Crippen molar-refractivity contribution in [2.45, 2.75) is 37.6 Å². The summed E-state index contributed by atoms with van der Waals surface area (Å²) in [4.78, 5) is 10.8. The minimum absolute atomic E-state index is 0. The summed E-state index contributed by atoms with van der Waals surface area (Å²) in [6.07, 6.45) is -6.39. The Kier molecular flexibility index (Phi) is 8.05. The third kappa shape index (κ3) is 5.89. The van der Waals surface area contributed by atoms with Gasteiger partial charge in [-0.05, 0) is 0 Å². The van der Waals surface area contributed by atoms with Crippen LogP contribution in [-0.2, 0) is 24.1 Å². The second kappa shape index (κ2) is 7.98. The van der Waals surface area contributed by atoms with Crippen LogP contribution in [0.2, 0.25) is 0 Å². The van der Waals surface area contributed by atoms with Gasteiger partial charge in [-0.15, -0.1) is 0 Å². The molecule has 10 nitrogen and oxygen atoms in total. The first kappa shape index (κ1) is 20.2. The first-order chi connectivity index (χ1) is 8.61. The zero-order valence-electron chi connectivity index (χ0n) is 10.8. The van der Waals surface area contributed by atoms with Gasteiger partial charge in [0.15, 0.2) is 6.29 Å². The zero-order chi connectivity index (χ0) is 14.8. The number of hydrogen-bond donors (Lipinski definition) is 4. The van der Waals surface area contributed by atoms with Crippen LogP contribution >= 0.6 is 0 Å². The van der Waals surface area contributed by atoms with E-state index in [-0.39, 0.29) is 29.6 Å². The average Bonchev–Trinajstić information content (AvgIpc) is 2.26. The van der Waals surface area contributed by atoms with Crippen molar-refractivity contribution in [2.75, 3.05) is 6.61 Å². The number of nitrogens with one attached hydrogen (secondary N) is 1. The van der Waals surface area contributed by atoms with Crippen molar-refractivity contribution in [1.29, 1.82) is 0 Å². The van der Waals surface area contributed by atoms with E-state index in [0.717, 1.165) is 6.92 Å². The Morgan fingerprint density at radius 1 is 1.35 bits per heavy atom. The molecule has 1 heterocycles. The molecule has 0 aromatic carbocycles. The molecule has 5 atom stereocenters. The van der Waals surface area contributed by atoms with Gasteiger partial charge in [-0.25, -0.2) is 8.42 Å².